The minimum Gasteiger partial charge on any atom is -0.491 e. The van der Waals surface area contributed by atoms with Crippen LogP contribution in [-0.2, 0) is 0 Å². The molecular weight excluding hydrogens is 316 g/mol. The molecule has 3 aromatic rings. The van der Waals surface area contributed by atoms with E-state index in [-0.39, 0.29) is 11.9 Å². The van der Waals surface area contributed by atoms with Crippen molar-refractivity contribution in [3.05, 3.63) is 66.2 Å². The van der Waals surface area contributed by atoms with Crippen LogP contribution in [0.25, 0.3) is 11.1 Å². The number of ether oxygens (including phenoxy) is 1. The Balaban J connectivity index is 1.58. The van der Waals surface area contributed by atoms with Crippen molar-refractivity contribution in [3.63, 3.8) is 0 Å². The Morgan fingerprint density at radius 2 is 2.28 bits per heavy atom. The molecule has 3 rings (SSSR count). The van der Waals surface area contributed by atoms with Gasteiger partial charge in [-0.2, -0.15) is 5.10 Å². The normalized spacial score (nSPS) is 11.8. The zero-order valence-corrected chi connectivity index (χ0v) is 14.1. The molecule has 2 aromatic heterocycles. The molecule has 0 spiro atoms. The second-order valence-electron chi connectivity index (χ2n) is 5.74. The molecule has 1 atom stereocenters. The van der Waals surface area contributed by atoms with Gasteiger partial charge in [0.2, 0.25) is 0 Å². The fraction of sp³-hybridized carbons (Fsp3) is 0.211. The Morgan fingerprint density at radius 1 is 1.40 bits per heavy atom. The van der Waals surface area contributed by atoms with Gasteiger partial charge in [-0.25, -0.2) is 0 Å². The molecule has 1 amide bonds. The standard InChI is InChI=1S/C19H19N4O2/c1-13(22-19(24)18-8-3-4-9-20-18)12-25-16-7-5-6-15(10-16)17-11-21-23-14(17)2/h3-4,6-11,13H,12H2,1-2H3,(H,21,23)(H,22,24)/t13-/m1/s1. The molecule has 1 aromatic carbocycles. The quantitative estimate of drug-likeness (QED) is 0.726. The van der Waals surface area contributed by atoms with Gasteiger partial charge in [-0.3, -0.25) is 14.9 Å². The third kappa shape index (κ3) is 4.23. The summed E-state index contributed by atoms with van der Waals surface area (Å²) in [6.07, 6.45) is 3.44. The number of carbonyl (C=O) groups excluding carboxylic acids is 1. The van der Waals surface area contributed by atoms with Crippen LogP contribution in [0.15, 0.2) is 48.8 Å². The van der Waals surface area contributed by atoms with Crippen molar-refractivity contribution >= 4 is 5.91 Å². The molecule has 0 aliphatic heterocycles. The molecule has 25 heavy (non-hydrogen) atoms. The number of H-pyrrole nitrogens is 1. The van der Waals surface area contributed by atoms with Gasteiger partial charge in [0, 0.05) is 18.0 Å². The summed E-state index contributed by atoms with van der Waals surface area (Å²) in [5, 5.41) is 9.84. The van der Waals surface area contributed by atoms with E-state index in [4.69, 9.17) is 4.74 Å². The molecule has 6 nitrogen and oxygen atoms in total. The van der Waals surface area contributed by atoms with E-state index in [1.807, 2.05) is 32.2 Å². The lowest BCUT2D eigenvalue weighted by molar-refractivity contribution is 0.0921. The average molecular weight is 335 g/mol. The summed E-state index contributed by atoms with van der Waals surface area (Å²) in [6, 6.07) is 13.7. The Bertz CT molecular complexity index is 845. The van der Waals surface area contributed by atoms with E-state index < -0.39 is 0 Å². The zero-order chi connectivity index (χ0) is 17.6. The summed E-state index contributed by atoms with van der Waals surface area (Å²) in [5.41, 5.74) is 3.30. The zero-order valence-electron chi connectivity index (χ0n) is 14.1. The fourth-order valence-electron chi connectivity index (χ4n) is 2.40. The smallest absolute Gasteiger partial charge is 0.270 e. The average Bonchev–Trinajstić information content (AvgIpc) is 3.07. The lowest BCUT2D eigenvalue weighted by atomic mass is 10.1. The second kappa shape index (κ2) is 7.61. The van der Waals surface area contributed by atoms with Crippen molar-refractivity contribution in [2.24, 2.45) is 0 Å². The van der Waals surface area contributed by atoms with Crippen LogP contribution in [-0.4, -0.2) is 33.7 Å². The van der Waals surface area contributed by atoms with Crippen molar-refractivity contribution in [2.75, 3.05) is 6.61 Å². The van der Waals surface area contributed by atoms with E-state index in [1.54, 1.807) is 30.5 Å². The van der Waals surface area contributed by atoms with E-state index >= 15 is 0 Å². The number of carbonyl (C=O) groups is 1. The molecular formula is C19H19N4O2. The van der Waals surface area contributed by atoms with Gasteiger partial charge in [0.1, 0.15) is 18.1 Å². The Hall–Kier alpha value is -3.15. The highest BCUT2D eigenvalue weighted by Crippen LogP contribution is 2.25. The first-order valence-electron chi connectivity index (χ1n) is 8.00. The number of nitrogens with zero attached hydrogens (tertiary/aromatic N) is 2. The number of rotatable bonds is 6. The summed E-state index contributed by atoms with van der Waals surface area (Å²) < 4.78 is 5.79. The largest absolute Gasteiger partial charge is 0.491 e. The summed E-state index contributed by atoms with van der Waals surface area (Å²) in [4.78, 5) is 16.1. The van der Waals surface area contributed by atoms with E-state index in [2.05, 4.69) is 26.6 Å². The monoisotopic (exact) mass is 335 g/mol. The molecule has 0 aliphatic rings. The van der Waals surface area contributed by atoms with Crippen LogP contribution in [0.1, 0.15) is 23.1 Å². The highest BCUT2D eigenvalue weighted by atomic mass is 16.5. The number of hydrogen-bond acceptors (Lipinski definition) is 4. The summed E-state index contributed by atoms with van der Waals surface area (Å²) in [7, 11) is 0. The van der Waals surface area contributed by atoms with E-state index in [0.29, 0.717) is 18.1 Å². The van der Waals surface area contributed by atoms with Gasteiger partial charge in [-0.15, -0.1) is 0 Å². The van der Waals surface area contributed by atoms with Gasteiger partial charge < -0.3 is 10.1 Å². The number of aryl methyl sites for hydroxylation is 1. The highest BCUT2D eigenvalue weighted by Gasteiger charge is 2.11. The maximum atomic E-state index is 12.1. The van der Waals surface area contributed by atoms with Crippen LogP contribution >= 0.6 is 0 Å². The highest BCUT2D eigenvalue weighted by molar-refractivity contribution is 5.92. The van der Waals surface area contributed by atoms with Gasteiger partial charge in [0.05, 0.1) is 11.7 Å². The molecule has 0 bridgehead atoms. The van der Waals surface area contributed by atoms with Crippen LogP contribution in [0.3, 0.4) is 0 Å². The van der Waals surface area contributed by atoms with E-state index in [9.17, 15) is 4.79 Å². The third-order valence-electron chi connectivity index (χ3n) is 3.68. The van der Waals surface area contributed by atoms with Crippen molar-refractivity contribution in [1.29, 1.82) is 0 Å². The van der Waals surface area contributed by atoms with Crippen LogP contribution < -0.4 is 10.1 Å². The maximum absolute atomic E-state index is 12.1. The SMILES string of the molecule is Cc1n[nH]cc1-c1c[c]cc(OC[C@@H](C)NC(=O)c2ccccn2)c1. The second-order valence-corrected chi connectivity index (χ2v) is 5.74. The minimum atomic E-state index is -0.217. The first kappa shape index (κ1) is 16.7. The van der Waals surface area contributed by atoms with Gasteiger partial charge in [-0.05, 0) is 55.8 Å². The van der Waals surface area contributed by atoms with Gasteiger partial charge in [0.15, 0.2) is 0 Å². The Morgan fingerprint density at radius 3 is 3.00 bits per heavy atom. The van der Waals surface area contributed by atoms with Gasteiger partial charge in [-0.1, -0.05) is 6.07 Å². The van der Waals surface area contributed by atoms with Crippen LogP contribution in [0.5, 0.6) is 5.75 Å². The Kier molecular flexibility index (Phi) is 5.09. The third-order valence-corrected chi connectivity index (χ3v) is 3.68. The molecule has 127 valence electrons. The molecule has 0 saturated heterocycles. The molecule has 1 radical (unpaired) electrons. The molecule has 0 saturated carbocycles. The lowest BCUT2D eigenvalue weighted by Crippen LogP contribution is -2.37. The predicted molar refractivity (Wildman–Crippen MR) is 94.3 cm³/mol. The number of hydrogen-bond donors (Lipinski definition) is 2. The van der Waals surface area contributed by atoms with Gasteiger partial charge >= 0.3 is 0 Å². The van der Waals surface area contributed by atoms with Crippen molar-refractivity contribution in [3.8, 4) is 16.9 Å². The number of benzene rings is 1. The van der Waals surface area contributed by atoms with E-state index in [0.717, 1.165) is 16.8 Å². The number of pyridine rings is 1. The Labute approximate surface area is 146 Å². The molecule has 2 N–H and O–H groups in total. The van der Waals surface area contributed by atoms with Crippen LogP contribution in [0.2, 0.25) is 0 Å². The van der Waals surface area contributed by atoms with Crippen molar-refractivity contribution in [2.45, 2.75) is 19.9 Å². The van der Waals surface area contributed by atoms with Crippen molar-refractivity contribution < 1.29 is 9.53 Å². The van der Waals surface area contributed by atoms with Crippen LogP contribution in [0, 0.1) is 13.0 Å². The van der Waals surface area contributed by atoms with Crippen molar-refractivity contribution in [1.82, 2.24) is 20.5 Å². The number of amides is 1. The topological polar surface area (TPSA) is 79.9 Å². The fourth-order valence-corrected chi connectivity index (χ4v) is 2.40. The molecule has 0 fully saturated rings. The molecule has 0 unspecified atom stereocenters. The van der Waals surface area contributed by atoms with Gasteiger partial charge in [0.25, 0.3) is 5.91 Å². The summed E-state index contributed by atoms with van der Waals surface area (Å²) in [5.74, 6) is 0.475. The number of aromatic nitrogens is 3. The maximum Gasteiger partial charge on any atom is 0.270 e. The van der Waals surface area contributed by atoms with E-state index in [1.165, 1.54) is 0 Å². The molecule has 6 heteroatoms. The summed E-state index contributed by atoms with van der Waals surface area (Å²) >= 11 is 0. The lowest BCUT2D eigenvalue weighted by Gasteiger charge is -2.15. The minimum absolute atomic E-state index is 0.158. The predicted octanol–water partition coefficient (Wildman–Crippen LogP) is 2.78. The number of nitrogens with one attached hydrogen (secondary N) is 2. The first-order chi connectivity index (χ1) is 12.1. The molecule has 2 heterocycles. The molecule has 0 aliphatic carbocycles. The van der Waals surface area contributed by atoms with Crippen LogP contribution in [0.4, 0.5) is 0 Å². The number of aromatic amines is 1. The first-order valence-corrected chi connectivity index (χ1v) is 8.00. The summed E-state index contributed by atoms with van der Waals surface area (Å²) in [6.45, 7) is 4.17.